The average molecular weight is 200 g/mol. The Morgan fingerprint density at radius 1 is 1.21 bits per heavy atom. The van der Waals surface area contributed by atoms with Crippen LogP contribution in [0.5, 0.6) is 0 Å². The maximum Gasteiger partial charge on any atom is 0.273 e. The van der Waals surface area contributed by atoms with E-state index in [1.807, 2.05) is 26.8 Å². The highest BCUT2D eigenvalue weighted by Crippen LogP contribution is 2.31. The van der Waals surface area contributed by atoms with Crippen molar-refractivity contribution >= 4 is 0 Å². The molecule has 1 aromatic carbocycles. The number of rotatable bonds is 2. The second-order valence-electron chi connectivity index (χ2n) is 2.93. The van der Waals surface area contributed by atoms with Gasteiger partial charge >= 0.3 is 0 Å². The number of alkyl halides is 2. The minimum absolute atomic E-state index is 0.116. The van der Waals surface area contributed by atoms with Gasteiger partial charge in [0.1, 0.15) is 0 Å². The zero-order valence-electron chi connectivity index (χ0n) is 9.27. The second-order valence-corrected chi connectivity index (χ2v) is 2.93. The zero-order valence-corrected chi connectivity index (χ0v) is 9.27. The zero-order chi connectivity index (χ0) is 11.2. The van der Waals surface area contributed by atoms with Gasteiger partial charge in [0.15, 0.2) is 0 Å². The molecule has 0 N–H and O–H groups in total. The molecule has 0 nitrogen and oxygen atoms in total. The van der Waals surface area contributed by atoms with Crippen LogP contribution in [-0.4, -0.2) is 0 Å². The fraction of sp³-hybridized carbons (Fsp3) is 0.500. The number of benzene rings is 1. The van der Waals surface area contributed by atoms with Crippen LogP contribution in [0.4, 0.5) is 8.78 Å². The molecule has 0 aliphatic rings. The summed E-state index contributed by atoms with van der Waals surface area (Å²) >= 11 is 0. The molecule has 0 fully saturated rings. The van der Waals surface area contributed by atoms with Crippen molar-refractivity contribution < 1.29 is 8.78 Å². The average Bonchev–Trinajstić information content (AvgIpc) is 2.21. The van der Waals surface area contributed by atoms with Crippen LogP contribution in [0.15, 0.2) is 24.3 Å². The maximum atomic E-state index is 13.1. The predicted molar refractivity (Wildman–Crippen MR) is 56.7 cm³/mol. The van der Waals surface area contributed by atoms with Crippen molar-refractivity contribution in [3.05, 3.63) is 35.4 Å². The van der Waals surface area contributed by atoms with Gasteiger partial charge in [0, 0.05) is 12.0 Å². The van der Waals surface area contributed by atoms with Crippen LogP contribution in [0.2, 0.25) is 0 Å². The molecule has 0 saturated heterocycles. The lowest BCUT2D eigenvalue weighted by Gasteiger charge is -2.14. The summed E-state index contributed by atoms with van der Waals surface area (Å²) in [6.07, 6.45) is -0.142. The smallest absolute Gasteiger partial charge is 0.201 e. The molecule has 0 amide bonds. The standard InChI is InChI=1S/C10H12F2.C2H6/c1-3-10(11,12)9-6-4-5-8(2)7-9;1-2/h4-7H,3H2,1-2H3;1-2H3. The molecule has 0 aromatic heterocycles. The summed E-state index contributed by atoms with van der Waals surface area (Å²) in [5.74, 6) is -2.67. The predicted octanol–water partition coefficient (Wildman–Crippen LogP) is 4.52. The van der Waals surface area contributed by atoms with Gasteiger partial charge in [-0.05, 0) is 6.92 Å². The summed E-state index contributed by atoms with van der Waals surface area (Å²) in [6.45, 7) is 7.30. The number of aryl methyl sites for hydroxylation is 1. The van der Waals surface area contributed by atoms with Crippen LogP contribution in [-0.2, 0) is 5.92 Å². The Labute approximate surface area is 85.0 Å². The first-order valence-corrected chi connectivity index (χ1v) is 5.01. The van der Waals surface area contributed by atoms with Crippen LogP contribution in [0, 0.1) is 6.92 Å². The largest absolute Gasteiger partial charge is 0.273 e. The highest BCUT2D eigenvalue weighted by molar-refractivity contribution is 5.25. The third-order valence-corrected chi connectivity index (χ3v) is 1.88. The SMILES string of the molecule is CC.CCC(F)(F)c1cccc(C)c1. The molecule has 0 aliphatic carbocycles. The van der Waals surface area contributed by atoms with Crippen molar-refractivity contribution in [1.82, 2.24) is 0 Å². The van der Waals surface area contributed by atoms with E-state index in [9.17, 15) is 8.78 Å². The molecule has 14 heavy (non-hydrogen) atoms. The molecule has 2 heteroatoms. The van der Waals surface area contributed by atoms with Gasteiger partial charge in [0.2, 0.25) is 0 Å². The van der Waals surface area contributed by atoms with E-state index in [0.29, 0.717) is 0 Å². The van der Waals surface area contributed by atoms with Gasteiger partial charge in [-0.1, -0.05) is 50.6 Å². The molecule has 0 spiro atoms. The highest BCUT2D eigenvalue weighted by atomic mass is 19.3. The van der Waals surface area contributed by atoms with Crippen LogP contribution < -0.4 is 0 Å². The van der Waals surface area contributed by atoms with Gasteiger partial charge in [-0.2, -0.15) is 0 Å². The lowest BCUT2D eigenvalue weighted by atomic mass is 10.0. The van der Waals surface area contributed by atoms with Gasteiger partial charge in [0.05, 0.1) is 0 Å². The normalized spacial score (nSPS) is 10.4. The van der Waals surface area contributed by atoms with Gasteiger partial charge in [-0.15, -0.1) is 0 Å². The molecule has 0 saturated carbocycles. The van der Waals surface area contributed by atoms with Crippen molar-refractivity contribution in [2.75, 3.05) is 0 Å². The molecule has 1 aromatic rings. The Balaban J connectivity index is 0.000000791. The number of halogens is 2. The van der Waals surface area contributed by atoms with Crippen LogP contribution in [0.25, 0.3) is 0 Å². The molecule has 0 heterocycles. The van der Waals surface area contributed by atoms with E-state index in [1.165, 1.54) is 19.1 Å². The topological polar surface area (TPSA) is 0 Å². The first-order chi connectivity index (χ1) is 6.56. The molecule has 0 radical (unpaired) electrons. The quantitative estimate of drug-likeness (QED) is 0.658. The van der Waals surface area contributed by atoms with E-state index in [-0.39, 0.29) is 12.0 Å². The Bertz CT molecular complexity index is 267. The Morgan fingerprint density at radius 2 is 1.79 bits per heavy atom. The lowest BCUT2D eigenvalue weighted by molar-refractivity contribution is -0.00833. The van der Waals surface area contributed by atoms with Crippen molar-refractivity contribution in [2.45, 2.75) is 40.0 Å². The van der Waals surface area contributed by atoms with E-state index in [4.69, 9.17) is 0 Å². The minimum Gasteiger partial charge on any atom is -0.201 e. The van der Waals surface area contributed by atoms with E-state index in [0.717, 1.165) is 5.56 Å². The van der Waals surface area contributed by atoms with Gasteiger partial charge < -0.3 is 0 Å². The molecular formula is C12H18F2. The first kappa shape index (κ1) is 13.1. The molecule has 0 bridgehead atoms. The van der Waals surface area contributed by atoms with Crippen molar-refractivity contribution in [2.24, 2.45) is 0 Å². The lowest BCUT2D eigenvalue weighted by Crippen LogP contribution is -2.11. The monoisotopic (exact) mass is 200 g/mol. The molecule has 1 rings (SSSR count). The van der Waals surface area contributed by atoms with Crippen molar-refractivity contribution in [1.29, 1.82) is 0 Å². The molecule has 0 unspecified atom stereocenters. The van der Waals surface area contributed by atoms with Crippen LogP contribution in [0.3, 0.4) is 0 Å². The summed E-state index contributed by atoms with van der Waals surface area (Å²) in [7, 11) is 0. The second kappa shape index (κ2) is 5.74. The maximum absolute atomic E-state index is 13.1. The summed E-state index contributed by atoms with van der Waals surface area (Å²) in [6, 6.07) is 6.48. The Kier molecular flexibility index (Phi) is 5.36. The van der Waals surface area contributed by atoms with Crippen molar-refractivity contribution in [3.8, 4) is 0 Å². The molecule has 80 valence electrons. The van der Waals surface area contributed by atoms with Gasteiger partial charge in [-0.25, -0.2) is 8.78 Å². The van der Waals surface area contributed by atoms with Crippen LogP contribution >= 0.6 is 0 Å². The summed E-state index contributed by atoms with van der Waals surface area (Å²) in [4.78, 5) is 0. The third-order valence-electron chi connectivity index (χ3n) is 1.88. The van der Waals surface area contributed by atoms with E-state index >= 15 is 0 Å². The van der Waals surface area contributed by atoms with Gasteiger partial charge in [0.25, 0.3) is 5.92 Å². The highest BCUT2D eigenvalue weighted by Gasteiger charge is 2.28. The Morgan fingerprint density at radius 3 is 2.21 bits per heavy atom. The van der Waals surface area contributed by atoms with E-state index in [1.54, 1.807) is 6.07 Å². The van der Waals surface area contributed by atoms with E-state index in [2.05, 4.69) is 0 Å². The molecular weight excluding hydrogens is 182 g/mol. The fourth-order valence-electron chi connectivity index (χ4n) is 1.08. The van der Waals surface area contributed by atoms with Gasteiger partial charge in [-0.3, -0.25) is 0 Å². The first-order valence-electron chi connectivity index (χ1n) is 5.01. The Hall–Kier alpha value is -0.920. The fourth-order valence-corrected chi connectivity index (χ4v) is 1.08. The summed E-state index contributed by atoms with van der Waals surface area (Å²) < 4.78 is 26.1. The van der Waals surface area contributed by atoms with Crippen molar-refractivity contribution in [3.63, 3.8) is 0 Å². The van der Waals surface area contributed by atoms with E-state index < -0.39 is 5.92 Å². The van der Waals surface area contributed by atoms with Crippen LogP contribution in [0.1, 0.15) is 38.3 Å². The molecule has 0 aliphatic heterocycles. The summed E-state index contributed by atoms with van der Waals surface area (Å²) in [5, 5.41) is 0. The summed E-state index contributed by atoms with van der Waals surface area (Å²) in [5.41, 5.74) is 0.991. The molecule has 0 atom stereocenters. The third kappa shape index (κ3) is 3.44. The number of hydrogen-bond acceptors (Lipinski definition) is 0. The number of hydrogen-bond donors (Lipinski definition) is 0. The minimum atomic E-state index is -2.67.